The van der Waals surface area contributed by atoms with Crippen molar-refractivity contribution in [2.75, 3.05) is 0 Å². The minimum absolute atomic E-state index is 0.00785. The van der Waals surface area contributed by atoms with Gasteiger partial charge in [-0.05, 0) is 103 Å². The number of carboxylic acids is 1. The Morgan fingerprint density at radius 2 is 1.53 bits per heavy atom. The van der Waals surface area contributed by atoms with Crippen molar-refractivity contribution in [1.29, 1.82) is 0 Å². The third kappa shape index (κ3) is 2.88. The van der Waals surface area contributed by atoms with Crippen LogP contribution in [0.4, 0.5) is 0 Å². The largest absolute Gasteiger partial charge is 0.481 e. The van der Waals surface area contributed by atoms with E-state index in [-0.39, 0.29) is 33.0 Å². The molecule has 5 aliphatic carbocycles. The number of carboxylic acid groups (broad SMARTS) is 1. The van der Waals surface area contributed by atoms with Gasteiger partial charge in [-0.2, -0.15) is 0 Å². The average molecular weight is 473 g/mol. The third-order valence-electron chi connectivity index (χ3n) is 13.0. The SMILES string of the molecule is CC1(C)CC[C@]2(C(=O)O)CC[C@]3(C)C(=CC[C@@H]4[C@@]5(C)C[C@@H](O)[C@@H](O)C(C)(C)[C@H]5CC[C@]43C)[C@H]2C1. The molecule has 0 bridgehead atoms. The van der Waals surface area contributed by atoms with Crippen molar-refractivity contribution >= 4 is 5.97 Å². The van der Waals surface area contributed by atoms with E-state index in [1.807, 2.05) is 0 Å². The molecule has 0 aromatic heterocycles. The normalized spacial score (nSPS) is 53.4. The second kappa shape index (κ2) is 7.12. The van der Waals surface area contributed by atoms with Crippen molar-refractivity contribution < 1.29 is 20.1 Å². The Kier molecular flexibility index (Phi) is 5.20. The predicted molar refractivity (Wildman–Crippen MR) is 134 cm³/mol. The quantitative estimate of drug-likeness (QED) is 0.397. The van der Waals surface area contributed by atoms with E-state index < -0.39 is 23.6 Å². The Balaban J connectivity index is 1.61. The Morgan fingerprint density at radius 3 is 2.18 bits per heavy atom. The van der Waals surface area contributed by atoms with E-state index in [4.69, 9.17) is 0 Å². The van der Waals surface area contributed by atoms with Gasteiger partial charge in [-0.1, -0.05) is 60.1 Å². The lowest BCUT2D eigenvalue weighted by Crippen LogP contribution is -2.67. The first-order chi connectivity index (χ1) is 15.6. The van der Waals surface area contributed by atoms with Crippen LogP contribution >= 0.6 is 0 Å². The maximum atomic E-state index is 12.8. The fraction of sp³-hybridized carbons (Fsp3) is 0.900. The zero-order valence-electron chi connectivity index (χ0n) is 22.6. The van der Waals surface area contributed by atoms with Gasteiger partial charge < -0.3 is 15.3 Å². The van der Waals surface area contributed by atoms with Crippen LogP contribution in [0.15, 0.2) is 11.6 Å². The fourth-order valence-electron chi connectivity index (χ4n) is 10.8. The lowest BCUT2D eigenvalue weighted by atomic mass is 9.33. The summed E-state index contributed by atoms with van der Waals surface area (Å²) in [5, 5.41) is 32.4. The zero-order chi connectivity index (χ0) is 25.1. The summed E-state index contributed by atoms with van der Waals surface area (Å²) in [5.74, 6) is 0.365. The lowest BCUT2D eigenvalue weighted by Gasteiger charge is -2.71. The standard InChI is InChI=1S/C30H48O4/c1-25(2)12-14-30(24(33)34)15-13-28(6)18(19(30)16-25)8-9-22-27(5)17-20(31)23(32)26(3,4)21(27)10-11-29(22,28)7/h8,19-23,31-32H,9-17H2,1-7H3,(H,33,34)/t19-,20-,21-,22-,23-,27+,28-,29-,30+/m1/s1. The molecule has 0 aromatic rings. The molecular weight excluding hydrogens is 424 g/mol. The van der Waals surface area contributed by atoms with Crippen molar-refractivity contribution in [3.05, 3.63) is 11.6 Å². The summed E-state index contributed by atoms with van der Waals surface area (Å²) >= 11 is 0. The molecular formula is C30H48O4. The minimum atomic E-state index is -0.679. The molecule has 0 aliphatic heterocycles. The first-order valence-electron chi connectivity index (χ1n) is 13.9. The van der Waals surface area contributed by atoms with Gasteiger partial charge in [-0.15, -0.1) is 0 Å². The van der Waals surface area contributed by atoms with Crippen LogP contribution in [0.5, 0.6) is 0 Å². The van der Waals surface area contributed by atoms with Crippen molar-refractivity contribution in [2.24, 2.45) is 50.2 Å². The van der Waals surface area contributed by atoms with Crippen molar-refractivity contribution in [3.63, 3.8) is 0 Å². The smallest absolute Gasteiger partial charge is 0.310 e. The highest BCUT2D eigenvalue weighted by atomic mass is 16.4. The molecule has 0 spiro atoms. The maximum absolute atomic E-state index is 12.8. The van der Waals surface area contributed by atoms with Crippen LogP contribution in [0, 0.1) is 50.2 Å². The summed E-state index contributed by atoms with van der Waals surface area (Å²) in [4.78, 5) is 12.8. The van der Waals surface area contributed by atoms with Crippen LogP contribution in [0.25, 0.3) is 0 Å². The molecule has 34 heavy (non-hydrogen) atoms. The molecule has 0 amide bonds. The molecule has 0 unspecified atom stereocenters. The number of hydrogen-bond acceptors (Lipinski definition) is 3. The number of aliphatic carboxylic acids is 1. The van der Waals surface area contributed by atoms with E-state index >= 15 is 0 Å². The van der Waals surface area contributed by atoms with Gasteiger partial charge in [0.15, 0.2) is 0 Å². The first-order valence-corrected chi connectivity index (χ1v) is 13.9. The Bertz CT molecular complexity index is 919. The third-order valence-corrected chi connectivity index (χ3v) is 13.0. The monoisotopic (exact) mass is 472 g/mol. The highest BCUT2D eigenvalue weighted by molar-refractivity contribution is 5.76. The van der Waals surface area contributed by atoms with Crippen molar-refractivity contribution in [1.82, 2.24) is 0 Å². The molecule has 4 heteroatoms. The number of fused-ring (bicyclic) bond motifs is 7. The van der Waals surface area contributed by atoms with Gasteiger partial charge in [0.1, 0.15) is 0 Å². The first kappa shape index (κ1) is 24.8. The molecule has 5 aliphatic rings. The Morgan fingerprint density at radius 1 is 0.882 bits per heavy atom. The average Bonchev–Trinajstić information content (AvgIpc) is 2.72. The van der Waals surface area contributed by atoms with Gasteiger partial charge in [0, 0.05) is 0 Å². The van der Waals surface area contributed by atoms with Gasteiger partial charge in [0.05, 0.1) is 17.6 Å². The highest BCUT2D eigenvalue weighted by Gasteiger charge is 2.70. The molecule has 0 saturated heterocycles. The number of aliphatic hydroxyl groups is 2. The summed E-state index contributed by atoms with van der Waals surface area (Å²) in [6.45, 7) is 16.3. The summed E-state index contributed by atoms with van der Waals surface area (Å²) in [6, 6.07) is 0. The fourth-order valence-corrected chi connectivity index (χ4v) is 10.8. The Hall–Kier alpha value is -0.870. The van der Waals surface area contributed by atoms with E-state index in [0.29, 0.717) is 18.3 Å². The molecule has 0 aromatic carbocycles. The number of hydrogen-bond donors (Lipinski definition) is 3. The molecule has 3 N–H and O–H groups in total. The van der Waals surface area contributed by atoms with Gasteiger partial charge in [0.25, 0.3) is 0 Å². The van der Waals surface area contributed by atoms with E-state index in [0.717, 1.165) is 51.4 Å². The van der Waals surface area contributed by atoms with E-state index in [1.165, 1.54) is 5.57 Å². The molecule has 5 rings (SSSR count). The van der Waals surface area contributed by atoms with Crippen molar-refractivity contribution in [2.45, 2.75) is 118 Å². The molecule has 0 heterocycles. The maximum Gasteiger partial charge on any atom is 0.310 e. The number of aliphatic hydroxyl groups excluding tert-OH is 2. The van der Waals surface area contributed by atoms with Gasteiger partial charge >= 0.3 is 5.97 Å². The molecule has 192 valence electrons. The number of allylic oxidation sites excluding steroid dienone is 2. The van der Waals surface area contributed by atoms with Crippen LogP contribution in [0.3, 0.4) is 0 Å². The lowest BCUT2D eigenvalue weighted by molar-refractivity contribution is -0.231. The van der Waals surface area contributed by atoms with Gasteiger partial charge in [-0.3, -0.25) is 4.79 Å². The molecule has 9 atom stereocenters. The predicted octanol–water partition coefficient (Wildman–Crippen LogP) is 6.20. The summed E-state index contributed by atoms with van der Waals surface area (Å²) in [6.07, 6.45) is 9.45. The summed E-state index contributed by atoms with van der Waals surface area (Å²) in [5.41, 5.74) is 0.754. The minimum Gasteiger partial charge on any atom is -0.481 e. The second-order valence-corrected chi connectivity index (χ2v) is 15.2. The van der Waals surface area contributed by atoms with Crippen LogP contribution < -0.4 is 0 Å². The van der Waals surface area contributed by atoms with Crippen LogP contribution in [-0.4, -0.2) is 33.5 Å². The van der Waals surface area contributed by atoms with Gasteiger partial charge in [-0.25, -0.2) is 0 Å². The topological polar surface area (TPSA) is 77.8 Å². The molecule has 4 nitrogen and oxygen atoms in total. The number of rotatable bonds is 1. The van der Waals surface area contributed by atoms with E-state index in [2.05, 4.69) is 54.5 Å². The highest BCUT2D eigenvalue weighted by Crippen LogP contribution is 2.75. The van der Waals surface area contributed by atoms with Crippen LogP contribution in [-0.2, 0) is 4.79 Å². The van der Waals surface area contributed by atoms with Crippen molar-refractivity contribution in [3.8, 4) is 0 Å². The summed E-state index contributed by atoms with van der Waals surface area (Å²) < 4.78 is 0. The zero-order valence-corrected chi connectivity index (χ0v) is 22.6. The van der Waals surface area contributed by atoms with Crippen LogP contribution in [0.1, 0.15) is 106 Å². The van der Waals surface area contributed by atoms with Crippen LogP contribution in [0.2, 0.25) is 0 Å². The second-order valence-electron chi connectivity index (χ2n) is 15.2. The number of carbonyl (C=O) groups is 1. The van der Waals surface area contributed by atoms with Gasteiger partial charge in [0.2, 0.25) is 0 Å². The molecule has 0 radical (unpaired) electrons. The molecule has 4 fully saturated rings. The van der Waals surface area contributed by atoms with E-state index in [9.17, 15) is 20.1 Å². The Labute approximate surface area is 206 Å². The molecule has 4 saturated carbocycles. The van der Waals surface area contributed by atoms with E-state index in [1.54, 1.807) is 0 Å². The summed E-state index contributed by atoms with van der Waals surface area (Å²) in [7, 11) is 0.